The summed E-state index contributed by atoms with van der Waals surface area (Å²) in [5.74, 6) is 0. The Morgan fingerprint density at radius 3 is 2.20 bits per heavy atom. The van der Waals surface area contributed by atoms with Gasteiger partial charge in [0.25, 0.3) is 0 Å². The van der Waals surface area contributed by atoms with Crippen molar-refractivity contribution in [3.8, 4) is 6.07 Å². The van der Waals surface area contributed by atoms with Crippen LogP contribution in [0.2, 0.25) is 0 Å². The van der Waals surface area contributed by atoms with Gasteiger partial charge in [-0.2, -0.15) is 5.26 Å². The number of nitriles is 1. The molecule has 0 saturated carbocycles. The van der Waals surface area contributed by atoms with Crippen LogP contribution >= 0.6 is 0 Å². The van der Waals surface area contributed by atoms with Gasteiger partial charge in [0.05, 0.1) is 44.7 Å². The molecule has 0 aromatic heterocycles. The Bertz CT molecular complexity index is 401. The average Bonchev–Trinajstić information content (AvgIpc) is 2.50. The number of likely N-dealkylation sites (N-methyl/N-ethyl adjacent to an activating group) is 1. The highest BCUT2D eigenvalue weighted by atomic mass is 16.5. The second-order valence-electron chi connectivity index (χ2n) is 4.30. The molecule has 20 heavy (non-hydrogen) atoms. The minimum Gasteiger partial charge on any atom is -0.382 e. The van der Waals surface area contributed by atoms with Crippen molar-refractivity contribution in [2.24, 2.45) is 0 Å². The van der Waals surface area contributed by atoms with Gasteiger partial charge in [-0.1, -0.05) is 0 Å². The van der Waals surface area contributed by atoms with E-state index in [9.17, 15) is 0 Å². The summed E-state index contributed by atoms with van der Waals surface area (Å²) in [6.45, 7) is 3.83. The Hall–Kier alpha value is -1.61. The van der Waals surface area contributed by atoms with Crippen LogP contribution in [0.15, 0.2) is 24.3 Å². The Balaban J connectivity index is 2.10. The Morgan fingerprint density at radius 2 is 1.60 bits per heavy atom. The fraction of sp³-hybridized carbons (Fsp3) is 0.533. The first-order chi connectivity index (χ1) is 9.77. The summed E-state index contributed by atoms with van der Waals surface area (Å²) in [7, 11) is 3.65. The van der Waals surface area contributed by atoms with E-state index in [1.165, 1.54) is 0 Å². The first-order valence-electron chi connectivity index (χ1n) is 6.63. The largest absolute Gasteiger partial charge is 0.382 e. The van der Waals surface area contributed by atoms with Gasteiger partial charge in [-0.15, -0.1) is 0 Å². The molecule has 1 rings (SSSR count). The van der Waals surface area contributed by atoms with Crippen molar-refractivity contribution in [3.05, 3.63) is 29.8 Å². The number of ether oxygens (including phenoxy) is 3. The van der Waals surface area contributed by atoms with E-state index >= 15 is 0 Å². The second-order valence-corrected chi connectivity index (χ2v) is 4.30. The Labute approximate surface area is 120 Å². The molecule has 0 heterocycles. The van der Waals surface area contributed by atoms with E-state index in [0.29, 0.717) is 38.6 Å². The van der Waals surface area contributed by atoms with Crippen molar-refractivity contribution >= 4 is 5.69 Å². The van der Waals surface area contributed by atoms with E-state index in [4.69, 9.17) is 19.5 Å². The van der Waals surface area contributed by atoms with Crippen molar-refractivity contribution < 1.29 is 14.2 Å². The van der Waals surface area contributed by atoms with E-state index in [1.807, 2.05) is 31.3 Å². The van der Waals surface area contributed by atoms with E-state index in [0.717, 1.165) is 12.2 Å². The lowest BCUT2D eigenvalue weighted by molar-refractivity contribution is 0.0266. The van der Waals surface area contributed by atoms with Gasteiger partial charge in [-0.05, 0) is 24.3 Å². The summed E-state index contributed by atoms with van der Waals surface area (Å²) in [5.41, 5.74) is 1.75. The van der Waals surface area contributed by atoms with Gasteiger partial charge >= 0.3 is 0 Å². The molecule has 0 fully saturated rings. The van der Waals surface area contributed by atoms with Crippen LogP contribution in [0.5, 0.6) is 0 Å². The fourth-order valence-corrected chi connectivity index (χ4v) is 1.59. The van der Waals surface area contributed by atoms with Gasteiger partial charge < -0.3 is 19.1 Å². The molecule has 0 amide bonds. The maximum absolute atomic E-state index is 8.74. The molecule has 110 valence electrons. The molecule has 5 heteroatoms. The summed E-state index contributed by atoms with van der Waals surface area (Å²) in [4.78, 5) is 2.09. The summed E-state index contributed by atoms with van der Waals surface area (Å²) in [6, 6.07) is 9.61. The van der Waals surface area contributed by atoms with E-state index in [-0.39, 0.29) is 0 Å². The zero-order valence-electron chi connectivity index (χ0n) is 12.2. The van der Waals surface area contributed by atoms with Gasteiger partial charge in [-0.25, -0.2) is 0 Å². The van der Waals surface area contributed by atoms with Crippen LogP contribution in [-0.2, 0) is 14.2 Å². The number of benzene rings is 1. The number of nitrogens with zero attached hydrogens (tertiary/aromatic N) is 2. The molecule has 0 saturated heterocycles. The third kappa shape index (κ3) is 6.53. The normalized spacial score (nSPS) is 10.2. The third-order valence-electron chi connectivity index (χ3n) is 2.81. The molecule has 0 aliphatic carbocycles. The second kappa shape index (κ2) is 10.2. The highest BCUT2D eigenvalue weighted by molar-refractivity contribution is 5.48. The number of hydrogen-bond donors (Lipinski definition) is 0. The van der Waals surface area contributed by atoms with Crippen LogP contribution < -0.4 is 4.90 Å². The summed E-state index contributed by atoms with van der Waals surface area (Å²) >= 11 is 0. The lowest BCUT2D eigenvalue weighted by Gasteiger charge is -2.19. The van der Waals surface area contributed by atoms with Crippen LogP contribution in [0.4, 0.5) is 5.69 Å². The monoisotopic (exact) mass is 278 g/mol. The van der Waals surface area contributed by atoms with Crippen molar-refractivity contribution in [1.29, 1.82) is 5.26 Å². The molecule has 5 nitrogen and oxygen atoms in total. The lowest BCUT2D eigenvalue weighted by atomic mass is 10.2. The number of rotatable bonds is 10. The molecular weight excluding hydrogens is 256 g/mol. The highest BCUT2D eigenvalue weighted by Crippen LogP contribution is 2.12. The van der Waals surface area contributed by atoms with Crippen molar-refractivity contribution in [2.75, 3.05) is 58.6 Å². The maximum Gasteiger partial charge on any atom is 0.0991 e. The van der Waals surface area contributed by atoms with Crippen LogP contribution in [0.3, 0.4) is 0 Å². The van der Waals surface area contributed by atoms with Gasteiger partial charge in [0.15, 0.2) is 0 Å². The molecule has 0 atom stereocenters. The highest BCUT2D eigenvalue weighted by Gasteiger charge is 2.00. The van der Waals surface area contributed by atoms with Crippen LogP contribution in [0.25, 0.3) is 0 Å². The molecule has 1 aromatic rings. The topological polar surface area (TPSA) is 54.7 Å². The summed E-state index contributed by atoms with van der Waals surface area (Å²) in [6.07, 6.45) is 0. The van der Waals surface area contributed by atoms with Crippen molar-refractivity contribution in [2.45, 2.75) is 0 Å². The van der Waals surface area contributed by atoms with Crippen molar-refractivity contribution in [3.63, 3.8) is 0 Å². The van der Waals surface area contributed by atoms with Gasteiger partial charge in [0, 0.05) is 26.4 Å². The lowest BCUT2D eigenvalue weighted by Crippen LogP contribution is -2.23. The van der Waals surface area contributed by atoms with Crippen LogP contribution in [0.1, 0.15) is 5.56 Å². The molecule has 0 aliphatic rings. The van der Waals surface area contributed by atoms with Gasteiger partial charge in [-0.3, -0.25) is 0 Å². The zero-order chi connectivity index (χ0) is 14.6. The van der Waals surface area contributed by atoms with Crippen molar-refractivity contribution in [1.82, 2.24) is 0 Å². The predicted octanol–water partition coefficient (Wildman–Crippen LogP) is 1.67. The molecule has 0 radical (unpaired) electrons. The average molecular weight is 278 g/mol. The fourth-order valence-electron chi connectivity index (χ4n) is 1.59. The van der Waals surface area contributed by atoms with E-state index in [2.05, 4.69) is 11.0 Å². The smallest absolute Gasteiger partial charge is 0.0991 e. The number of hydrogen-bond acceptors (Lipinski definition) is 5. The first-order valence-corrected chi connectivity index (χ1v) is 6.63. The van der Waals surface area contributed by atoms with E-state index < -0.39 is 0 Å². The van der Waals surface area contributed by atoms with Gasteiger partial charge in [0.1, 0.15) is 0 Å². The molecule has 0 bridgehead atoms. The minimum absolute atomic E-state index is 0.587. The van der Waals surface area contributed by atoms with Crippen LogP contribution in [0, 0.1) is 11.3 Å². The molecule has 0 unspecified atom stereocenters. The quantitative estimate of drug-likeness (QED) is 0.609. The van der Waals surface area contributed by atoms with Gasteiger partial charge in [0.2, 0.25) is 0 Å². The number of methoxy groups -OCH3 is 1. The van der Waals surface area contributed by atoms with E-state index in [1.54, 1.807) is 7.11 Å². The molecule has 0 spiro atoms. The molecule has 1 aromatic carbocycles. The maximum atomic E-state index is 8.74. The zero-order valence-corrected chi connectivity index (χ0v) is 12.2. The standard InChI is InChI=1S/C15H22N2O3/c1-17(15-5-3-14(13-16)4-6-15)7-8-19-11-12-20-10-9-18-2/h3-6H,7-12H2,1-2H3. The molecule has 0 N–H and O–H groups in total. The first kappa shape index (κ1) is 16.4. The van der Waals surface area contributed by atoms with Crippen LogP contribution in [-0.4, -0.2) is 53.7 Å². The summed E-state index contributed by atoms with van der Waals surface area (Å²) in [5, 5.41) is 8.74. The molecular formula is C15H22N2O3. The predicted molar refractivity (Wildman–Crippen MR) is 77.9 cm³/mol. The molecule has 0 aliphatic heterocycles. The SMILES string of the molecule is COCCOCCOCCN(C)c1ccc(C#N)cc1. The summed E-state index contributed by atoms with van der Waals surface area (Å²) < 4.78 is 15.7. The number of anilines is 1. The Kier molecular flexibility index (Phi) is 8.40. The Morgan fingerprint density at radius 1 is 1.00 bits per heavy atom. The third-order valence-corrected chi connectivity index (χ3v) is 2.81. The minimum atomic E-state index is 0.587.